The zero-order chi connectivity index (χ0) is 17.0. The smallest absolute Gasteiger partial charge is 0.269 e. The Morgan fingerprint density at radius 2 is 1.87 bits per heavy atom. The molecule has 0 spiro atoms. The van der Waals surface area contributed by atoms with Gasteiger partial charge in [-0.15, -0.1) is 0 Å². The number of benzene rings is 1. The van der Waals surface area contributed by atoms with Crippen molar-refractivity contribution < 1.29 is 30.1 Å². The molecule has 23 heavy (non-hydrogen) atoms. The molecule has 1 fully saturated rings. The second-order valence-corrected chi connectivity index (χ2v) is 5.43. The van der Waals surface area contributed by atoms with Crippen molar-refractivity contribution in [2.75, 3.05) is 13.2 Å². The number of nitro benzene ring substituents is 1. The van der Waals surface area contributed by atoms with Crippen LogP contribution in [0.2, 0.25) is 0 Å². The number of nitrogens with zero attached hydrogens (tertiary/aromatic N) is 1. The molecule has 1 aliphatic rings. The normalized spacial score (nSPS) is 31.0. The first kappa shape index (κ1) is 17.7. The molecule has 9 heteroatoms. The Kier molecular flexibility index (Phi) is 5.99. The lowest BCUT2D eigenvalue weighted by Gasteiger charge is -2.40. The molecule has 1 aliphatic heterocycles. The van der Waals surface area contributed by atoms with E-state index in [1.165, 1.54) is 12.1 Å². The van der Waals surface area contributed by atoms with Crippen LogP contribution in [-0.4, -0.2) is 69.0 Å². The lowest BCUT2D eigenvalue weighted by Crippen LogP contribution is -2.60. The first-order valence-corrected chi connectivity index (χ1v) is 7.18. The average molecular weight is 328 g/mol. The summed E-state index contributed by atoms with van der Waals surface area (Å²) in [5.74, 6) is 0. The van der Waals surface area contributed by atoms with E-state index in [0.717, 1.165) is 0 Å². The van der Waals surface area contributed by atoms with E-state index in [0.29, 0.717) is 12.1 Å². The highest BCUT2D eigenvalue weighted by atomic mass is 16.6. The number of non-ortho nitro benzene ring substituents is 1. The van der Waals surface area contributed by atoms with Gasteiger partial charge in [-0.3, -0.25) is 10.1 Å². The van der Waals surface area contributed by atoms with E-state index < -0.39 is 42.1 Å². The minimum absolute atomic E-state index is 0.0165. The van der Waals surface area contributed by atoms with Crippen LogP contribution < -0.4 is 5.32 Å². The van der Waals surface area contributed by atoms with Gasteiger partial charge in [0, 0.05) is 25.2 Å². The van der Waals surface area contributed by atoms with Crippen LogP contribution in [0.1, 0.15) is 5.56 Å². The quantitative estimate of drug-likeness (QED) is 0.314. The van der Waals surface area contributed by atoms with E-state index in [9.17, 15) is 25.4 Å². The zero-order valence-corrected chi connectivity index (χ0v) is 12.3. The van der Waals surface area contributed by atoms with Crippen LogP contribution >= 0.6 is 0 Å². The minimum Gasteiger partial charge on any atom is -0.394 e. The van der Waals surface area contributed by atoms with Crippen molar-refractivity contribution >= 4 is 5.69 Å². The van der Waals surface area contributed by atoms with E-state index in [4.69, 9.17) is 9.84 Å². The summed E-state index contributed by atoms with van der Waals surface area (Å²) in [7, 11) is 0. The SMILES string of the molecule is O=[N+]([O-])c1cccc(CNC[C@@H]2O[C@H](CO)[C@@H](O)[C@H](O)[C@H]2O)c1. The van der Waals surface area contributed by atoms with Crippen LogP contribution in [-0.2, 0) is 11.3 Å². The lowest BCUT2D eigenvalue weighted by molar-refractivity contribution is -0.384. The molecule has 0 saturated carbocycles. The Labute approximate surface area is 132 Å². The van der Waals surface area contributed by atoms with Crippen molar-refractivity contribution in [1.29, 1.82) is 0 Å². The standard InChI is InChI=1S/C14H20N2O7/c17-7-11-13(19)14(20)12(18)10(23-11)6-15-5-8-2-1-3-9(4-8)16(21)22/h1-4,10-15,17-20H,5-7H2/t10-,11+,12-,13+,14+/m0/s1. The van der Waals surface area contributed by atoms with Gasteiger partial charge < -0.3 is 30.5 Å². The molecule has 0 aliphatic carbocycles. The van der Waals surface area contributed by atoms with Gasteiger partial charge in [0.1, 0.15) is 24.4 Å². The minimum atomic E-state index is -1.41. The Bertz CT molecular complexity index is 540. The third-order valence-corrected chi connectivity index (χ3v) is 3.79. The third kappa shape index (κ3) is 4.22. The summed E-state index contributed by atoms with van der Waals surface area (Å²) in [5.41, 5.74) is 0.668. The number of hydrogen-bond acceptors (Lipinski definition) is 8. The molecule has 2 rings (SSSR count). The van der Waals surface area contributed by atoms with Gasteiger partial charge in [-0.1, -0.05) is 12.1 Å². The molecule has 1 aromatic rings. The molecule has 9 nitrogen and oxygen atoms in total. The van der Waals surface area contributed by atoms with Gasteiger partial charge in [0.25, 0.3) is 5.69 Å². The predicted molar refractivity (Wildman–Crippen MR) is 78.6 cm³/mol. The molecule has 1 heterocycles. The van der Waals surface area contributed by atoms with Crippen molar-refractivity contribution in [1.82, 2.24) is 5.32 Å². The van der Waals surface area contributed by atoms with Crippen molar-refractivity contribution in [2.24, 2.45) is 0 Å². The summed E-state index contributed by atoms with van der Waals surface area (Å²) >= 11 is 0. The maximum atomic E-state index is 10.7. The highest BCUT2D eigenvalue weighted by Gasteiger charge is 2.42. The van der Waals surface area contributed by atoms with Gasteiger partial charge in [0.2, 0.25) is 0 Å². The van der Waals surface area contributed by atoms with E-state index in [1.807, 2.05) is 0 Å². The Hall–Kier alpha value is -1.62. The van der Waals surface area contributed by atoms with Gasteiger partial charge in [0.05, 0.1) is 17.6 Å². The molecular weight excluding hydrogens is 308 g/mol. The van der Waals surface area contributed by atoms with Gasteiger partial charge >= 0.3 is 0 Å². The van der Waals surface area contributed by atoms with Crippen LogP contribution in [0.4, 0.5) is 5.69 Å². The molecule has 0 aromatic heterocycles. The second kappa shape index (κ2) is 7.77. The average Bonchev–Trinajstić information content (AvgIpc) is 2.55. The molecule has 5 atom stereocenters. The van der Waals surface area contributed by atoms with Crippen molar-refractivity contribution in [3.63, 3.8) is 0 Å². The van der Waals surface area contributed by atoms with E-state index in [2.05, 4.69) is 5.32 Å². The lowest BCUT2D eigenvalue weighted by atomic mass is 9.95. The molecular formula is C14H20N2O7. The fourth-order valence-electron chi connectivity index (χ4n) is 2.49. The summed E-state index contributed by atoms with van der Waals surface area (Å²) in [6.45, 7) is -0.0346. The Morgan fingerprint density at radius 1 is 1.17 bits per heavy atom. The zero-order valence-electron chi connectivity index (χ0n) is 12.3. The number of nitrogens with one attached hydrogen (secondary N) is 1. The van der Waals surface area contributed by atoms with Crippen molar-refractivity contribution in [3.8, 4) is 0 Å². The monoisotopic (exact) mass is 328 g/mol. The second-order valence-electron chi connectivity index (χ2n) is 5.43. The van der Waals surface area contributed by atoms with Crippen LogP contribution in [0.15, 0.2) is 24.3 Å². The number of aliphatic hydroxyl groups is 4. The molecule has 1 saturated heterocycles. The summed E-state index contributed by atoms with van der Waals surface area (Å²) in [6, 6.07) is 6.11. The van der Waals surface area contributed by atoms with Crippen LogP contribution in [0.25, 0.3) is 0 Å². The van der Waals surface area contributed by atoms with E-state index >= 15 is 0 Å². The van der Waals surface area contributed by atoms with Crippen molar-refractivity contribution in [2.45, 2.75) is 37.1 Å². The van der Waals surface area contributed by atoms with E-state index in [-0.39, 0.29) is 12.2 Å². The fraction of sp³-hybridized carbons (Fsp3) is 0.571. The van der Waals surface area contributed by atoms with Gasteiger partial charge in [-0.25, -0.2) is 0 Å². The molecule has 5 N–H and O–H groups in total. The third-order valence-electron chi connectivity index (χ3n) is 3.79. The van der Waals surface area contributed by atoms with Gasteiger partial charge in [-0.05, 0) is 5.56 Å². The molecule has 128 valence electrons. The van der Waals surface area contributed by atoms with Crippen LogP contribution in [0.5, 0.6) is 0 Å². The summed E-state index contributed by atoms with van der Waals surface area (Å²) in [6.07, 6.45) is -5.86. The number of aliphatic hydroxyl groups excluding tert-OH is 4. The highest BCUT2D eigenvalue weighted by molar-refractivity contribution is 5.34. The highest BCUT2D eigenvalue weighted by Crippen LogP contribution is 2.21. The van der Waals surface area contributed by atoms with E-state index in [1.54, 1.807) is 12.1 Å². The number of hydrogen-bond donors (Lipinski definition) is 5. The molecule has 0 bridgehead atoms. The molecule has 0 radical (unpaired) electrons. The Morgan fingerprint density at radius 3 is 2.52 bits per heavy atom. The van der Waals surface area contributed by atoms with Crippen LogP contribution in [0, 0.1) is 10.1 Å². The van der Waals surface area contributed by atoms with Crippen molar-refractivity contribution in [3.05, 3.63) is 39.9 Å². The number of ether oxygens (including phenoxy) is 1. The molecule has 0 unspecified atom stereocenters. The number of rotatable bonds is 6. The summed E-state index contributed by atoms with van der Waals surface area (Å²) in [5, 5.41) is 52.0. The molecule has 1 aromatic carbocycles. The molecule has 0 amide bonds. The fourth-order valence-corrected chi connectivity index (χ4v) is 2.49. The maximum absolute atomic E-state index is 10.7. The summed E-state index contributed by atoms with van der Waals surface area (Å²) < 4.78 is 5.35. The van der Waals surface area contributed by atoms with Crippen LogP contribution in [0.3, 0.4) is 0 Å². The largest absolute Gasteiger partial charge is 0.394 e. The number of nitro groups is 1. The first-order chi connectivity index (χ1) is 10.9. The summed E-state index contributed by atoms with van der Waals surface area (Å²) in [4.78, 5) is 10.2. The topological polar surface area (TPSA) is 145 Å². The maximum Gasteiger partial charge on any atom is 0.269 e. The van der Waals surface area contributed by atoms with Gasteiger partial charge in [-0.2, -0.15) is 0 Å². The van der Waals surface area contributed by atoms with Gasteiger partial charge in [0.15, 0.2) is 0 Å². The predicted octanol–water partition coefficient (Wildman–Crippen LogP) is -1.47. The Balaban J connectivity index is 1.90. The first-order valence-electron chi connectivity index (χ1n) is 7.18.